The molecule has 278 valence electrons. The second kappa shape index (κ2) is 27.3. The van der Waals surface area contributed by atoms with Crippen LogP contribution in [0.15, 0.2) is 0 Å². The lowest BCUT2D eigenvalue weighted by Gasteiger charge is -2.29. The minimum Gasteiger partial charge on any atom is -0.394 e. The molecule has 13 nitrogen and oxygen atoms in total. The van der Waals surface area contributed by atoms with Crippen LogP contribution in [0.1, 0.15) is 47.0 Å². The summed E-state index contributed by atoms with van der Waals surface area (Å²) in [4.78, 5) is 38.3. The zero-order valence-electron chi connectivity index (χ0n) is 28.5. The maximum Gasteiger partial charge on any atom is 0.226 e. The Balaban J connectivity index is 4.01. The van der Waals surface area contributed by atoms with Crippen molar-refractivity contribution in [3.05, 3.63) is 0 Å². The van der Waals surface area contributed by atoms with Crippen molar-refractivity contribution in [1.29, 1.82) is 0 Å². The molecule has 0 aromatic heterocycles. The highest BCUT2D eigenvalue weighted by Gasteiger charge is 2.35. The maximum atomic E-state index is 13.0. The summed E-state index contributed by atoms with van der Waals surface area (Å²) in [5, 5.41) is 28.1. The van der Waals surface area contributed by atoms with E-state index in [0.29, 0.717) is 114 Å². The topological polar surface area (TPSA) is 174 Å². The van der Waals surface area contributed by atoms with Crippen LogP contribution in [0.3, 0.4) is 0 Å². The van der Waals surface area contributed by atoms with Gasteiger partial charge in [0.15, 0.2) is 0 Å². The molecule has 0 spiro atoms. The molecule has 0 aromatic rings. The van der Waals surface area contributed by atoms with Crippen LogP contribution < -0.4 is 16.0 Å². The van der Waals surface area contributed by atoms with Gasteiger partial charge in [0.25, 0.3) is 0 Å². The number of ether oxygens (including phenoxy) is 5. The Morgan fingerprint density at radius 2 is 0.979 bits per heavy atom. The summed E-state index contributed by atoms with van der Waals surface area (Å²) in [6, 6.07) is 0. The van der Waals surface area contributed by atoms with Crippen LogP contribution >= 0.6 is 47.8 Å². The first-order valence-electron chi connectivity index (χ1n) is 16.0. The largest absolute Gasteiger partial charge is 0.394 e. The van der Waals surface area contributed by atoms with Gasteiger partial charge in [0, 0.05) is 42.2 Å². The van der Waals surface area contributed by atoms with Crippen LogP contribution in [0.5, 0.6) is 0 Å². The second-order valence-corrected chi connectivity index (χ2v) is 14.1. The smallest absolute Gasteiger partial charge is 0.226 e. The lowest BCUT2D eigenvalue weighted by atomic mass is 9.86. The van der Waals surface area contributed by atoms with E-state index >= 15 is 0 Å². The molecule has 0 saturated heterocycles. The van der Waals surface area contributed by atoms with Crippen molar-refractivity contribution >= 4 is 65.5 Å². The highest BCUT2D eigenvalue weighted by atomic mass is 79.9. The fourth-order valence-electron chi connectivity index (χ4n) is 3.64. The van der Waals surface area contributed by atoms with Gasteiger partial charge < -0.3 is 49.8 Å². The zero-order chi connectivity index (χ0) is 35.6. The van der Waals surface area contributed by atoms with Crippen molar-refractivity contribution in [2.45, 2.75) is 53.1 Å². The summed E-state index contributed by atoms with van der Waals surface area (Å²) >= 11 is 10.3. The lowest BCUT2D eigenvalue weighted by molar-refractivity contribution is -0.132. The minimum absolute atomic E-state index is 0.0677. The van der Waals surface area contributed by atoms with Crippen molar-refractivity contribution in [2.75, 3.05) is 108 Å². The standard InChI is InChI=1S/C31H58Br3N3O10/c1-29(2,22-32)26(40)36-9-6-31(4,24-34)28(42)37-10-7-30(3,23-33)27(41)35-8-5-11-43-12-13-44-14-15-45-16-17-46-18-19-47-21-25(39)20-38/h25,38-39H,5-24H2,1-4H3,(H,35,41)(H,36,40)(H,37,42). The van der Waals surface area contributed by atoms with E-state index in [4.69, 9.17) is 33.9 Å². The van der Waals surface area contributed by atoms with Crippen LogP contribution in [-0.2, 0) is 38.1 Å². The molecular formula is C31H58Br3N3O10. The van der Waals surface area contributed by atoms with E-state index in [1.165, 1.54) is 0 Å². The molecule has 0 saturated carbocycles. The Morgan fingerprint density at radius 1 is 0.596 bits per heavy atom. The normalized spacial score (nSPS) is 15.0. The molecule has 47 heavy (non-hydrogen) atoms. The second-order valence-electron chi connectivity index (χ2n) is 12.4. The van der Waals surface area contributed by atoms with Gasteiger partial charge in [0.05, 0.1) is 82.3 Å². The molecule has 0 aliphatic carbocycles. The number of halogens is 3. The zero-order valence-corrected chi connectivity index (χ0v) is 33.3. The van der Waals surface area contributed by atoms with Crippen LogP contribution in [-0.4, -0.2) is 142 Å². The Morgan fingerprint density at radius 3 is 1.38 bits per heavy atom. The number of hydrogen-bond acceptors (Lipinski definition) is 10. The molecule has 16 heteroatoms. The summed E-state index contributed by atoms with van der Waals surface area (Å²) in [6.07, 6.45) is 0.728. The van der Waals surface area contributed by atoms with Crippen LogP contribution in [0, 0.1) is 16.2 Å². The van der Waals surface area contributed by atoms with Crippen molar-refractivity contribution in [3.63, 3.8) is 0 Å². The van der Waals surface area contributed by atoms with Gasteiger partial charge in [0.1, 0.15) is 6.10 Å². The van der Waals surface area contributed by atoms with E-state index in [2.05, 4.69) is 63.7 Å². The van der Waals surface area contributed by atoms with E-state index in [-0.39, 0.29) is 30.9 Å². The Hall–Kier alpha value is -0.430. The monoisotopic (exact) mass is 869 g/mol. The number of hydrogen-bond donors (Lipinski definition) is 5. The predicted octanol–water partition coefficient (Wildman–Crippen LogP) is 2.17. The van der Waals surface area contributed by atoms with Crippen LogP contribution in [0.4, 0.5) is 0 Å². The number of rotatable bonds is 31. The van der Waals surface area contributed by atoms with Crippen molar-refractivity contribution in [2.24, 2.45) is 16.2 Å². The van der Waals surface area contributed by atoms with Gasteiger partial charge in [-0.3, -0.25) is 14.4 Å². The van der Waals surface area contributed by atoms with Gasteiger partial charge >= 0.3 is 0 Å². The molecule has 0 bridgehead atoms. The van der Waals surface area contributed by atoms with Crippen molar-refractivity contribution in [3.8, 4) is 0 Å². The number of aliphatic hydroxyl groups is 2. The molecule has 0 fully saturated rings. The third-order valence-electron chi connectivity index (χ3n) is 7.32. The van der Waals surface area contributed by atoms with E-state index in [1.807, 2.05) is 27.7 Å². The Kier molecular flexibility index (Phi) is 27.1. The quantitative estimate of drug-likeness (QED) is 0.0514. The molecule has 5 N–H and O–H groups in total. The number of carbonyl (C=O) groups excluding carboxylic acids is 3. The Bertz CT molecular complexity index is 862. The third-order valence-corrected chi connectivity index (χ3v) is 11.2. The molecule has 0 radical (unpaired) electrons. The molecule has 3 amide bonds. The van der Waals surface area contributed by atoms with Crippen molar-refractivity contribution < 1.29 is 48.3 Å². The first kappa shape index (κ1) is 46.6. The number of alkyl halides is 3. The summed E-state index contributed by atoms with van der Waals surface area (Å²) in [6.45, 7) is 12.2. The highest BCUT2D eigenvalue weighted by molar-refractivity contribution is 9.09. The van der Waals surface area contributed by atoms with E-state index in [9.17, 15) is 14.4 Å². The highest BCUT2D eigenvalue weighted by Crippen LogP contribution is 2.27. The first-order valence-corrected chi connectivity index (χ1v) is 19.4. The van der Waals surface area contributed by atoms with E-state index in [0.717, 1.165) is 0 Å². The first-order chi connectivity index (χ1) is 22.3. The molecule has 3 unspecified atom stereocenters. The summed E-state index contributed by atoms with van der Waals surface area (Å²) in [5.41, 5.74) is -1.94. The molecule has 0 aliphatic rings. The number of nitrogens with one attached hydrogen (secondary N) is 3. The lowest BCUT2D eigenvalue weighted by Crippen LogP contribution is -2.46. The fraction of sp³-hybridized carbons (Fsp3) is 0.903. The van der Waals surface area contributed by atoms with Crippen LogP contribution in [0.25, 0.3) is 0 Å². The van der Waals surface area contributed by atoms with Gasteiger partial charge in [-0.1, -0.05) is 61.6 Å². The van der Waals surface area contributed by atoms with Gasteiger partial charge in [-0.15, -0.1) is 0 Å². The SMILES string of the molecule is CC(C)(CBr)C(=O)NCCC(C)(CBr)C(=O)NCCC(C)(CBr)C(=O)NCCCOCCOCCOCCOCCOCC(O)CO. The van der Waals surface area contributed by atoms with Crippen LogP contribution in [0.2, 0.25) is 0 Å². The molecule has 0 heterocycles. The minimum atomic E-state index is -0.864. The average molecular weight is 873 g/mol. The summed E-state index contributed by atoms with van der Waals surface area (Å²) < 4.78 is 26.9. The summed E-state index contributed by atoms with van der Waals surface area (Å²) in [7, 11) is 0. The molecule has 3 atom stereocenters. The summed E-state index contributed by atoms with van der Waals surface area (Å²) in [5.74, 6) is -0.290. The van der Waals surface area contributed by atoms with Gasteiger partial charge in [0.2, 0.25) is 17.7 Å². The number of aliphatic hydroxyl groups excluding tert-OH is 2. The van der Waals surface area contributed by atoms with Gasteiger partial charge in [-0.25, -0.2) is 0 Å². The third kappa shape index (κ3) is 21.4. The number of carbonyl (C=O) groups is 3. The van der Waals surface area contributed by atoms with E-state index < -0.39 is 22.3 Å². The Labute approximate surface area is 306 Å². The van der Waals surface area contributed by atoms with Crippen molar-refractivity contribution in [1.82, 2.24) is 16.0 Å². The molecule has 0 rings (SSSR count). The molecular weight excluding hydrogens is 814 g/mol. The van der Waals surface area contributed by atoms with E-state index in [1.54, 1.807) is 0 Å². The molecule has 0 aliphatic heterocycles. The maximum absolute atomic E-state index is 13.0. The van der Waals surface area contributed by atoms with Gasteiger partial charge in [-0.2, -0.15) is 0 Å². The van der Waals surface area contributed by atoms with Gasteiger partial charge in [-0.05, 0) is 33.1 Å². The fourth-order valence-corrected chi connectivity index (χ4v) is 4.97. The number of amides is 3. The predicted molar refractivity (Wildman–Crippen MR) is 191 cm³/mol. The average Bonchev–Trinajstić information content (AvgIpc) is 3.06. The molecule has 0 aromatic carbocycles.